The van der Waals surface area contributed by atoms with E-state index < -0.39 is 0 Å². The van der Waals surface area contributed by atoms with Gasteiger partial charge in [-0.2, -0.15) is 0 Å². The number of hydrogen-bond donors (Lipinski definition) is 0. The molecule has 2 heteroatoms. The summed E-state index contributed by atoms with van der Waals surface area (Å²) >= 11 is 0. The average molecular weight is 222 g/mol. The Labute approximate surface area is 98.4 Å². The molecule has 17 heavy (non-hydrogen) atoms. The quantitative estimate of drug-likeness (QED) is 0.540. The first-order chi connectivity index (χ1) is 8.45. The molecule has 0 radical (unpaired) electrons. The number of hydrogen-bond acceptors (Lipinski definition) is 2. The van der Waals surface area contributed by atoms with Crippen LogP contribution in [0.4, 0.5) is 0 Å². The normalized spacial score (nSPS) is 13.4. The molecule has 3 aromatic rings. The lowest BCUT2D eigenvalue weighted by Gasteiger charge is -2.07. The van der Waals surface area contributed by atoms with Crippen molar-refractivity contribution in [2.45, 2.75) is 0 Å². The van der Waals surface area contributed by atoms with Crippen LogP contribution in [0.25, 0.3) is 21.5 Å². The van der Waals surface area contributed by atoms with Crippen LogP contribution in [0.1, 0.15) is 0 Å². The average Bonchev–Trinajstić information content (AvgIpc) is 2.89. The predicted octanol–water partition coefficient (Wildman–Crippen LogP) is 3.72. The highest BCUT2D eigenvalue weighted by atomic mass is 16.7. The van der Waals surface area contributed by atoms with E-state index in [1.807, 2.05) is 12.1 Å². The molecule has 0 saturated heterocycles. The van der Waals surface area contributed by atoms with Gasteiger partial charge in [-0.05, 0) is 10.8 Å². The topological polar surface area (TPSA) is 18.5 Å². The second-order valence-corrected chi connectivity index (χ2v) is 4.16. The Balaban J connectivity index is 2.34. The molecule has 0 amide bonds. The molecular formula is C15H10O2. The summed E-state index contributed by atoms with van der Waals surface area (Å²) in [4.78, 5) is 0. The maximum atomic E-state index is 5.60. The van der Waals surface area contributed by atoms with Gasteiger partial charge in [-0.25, -0.2) is 0 Å². The zero-order valence-corrected chi connectivity index (χ0v) is 9.14. The molecule has 0 unspecified atom stereocenters. The summed E-state index contributed by atoms with van der Waals surface area (Å²) in [6.45, 7) is 0.313. The monoisotopic (exact) mass is 222 g/mol. The Kier molecular flexibility index (Phi) is 1.64. The Morgan fingerprint density at radius 2 is 1.00 bits per heavy atom. The molecule has 0 aromatic heterocycles. The van der Waals surface area contributed by atoms with Crippen molar-refractivity contribution in [1.82, 2.24) is 0 Å². The molecule has 2 nitrogen and oxygen atoms in total. The SMILES string of the molecule is c1ccc2c(c1)c1c(c3ccccc32)OCO1. The van der Waals surface area contributed by atoms with Gasteiger partial charge in [0.1, 0.15) is 0 Å². The molecule has 0 atom stereocenters. The minimum absolute atomic E-state index is 0.313. The largest absolute Gasteiger partial charge is 0.453 e. The van der Waals surface area contributed by atoms with Gasteiger partial charge in [0.05, 0.1) is 0 Å². The molecule has 82 valence electrons. The summed E-state index contributed by atoms with van der Waals surface area (Å²) in [7, 11) is 0. The standard InChI is InChI=1S/C15H10O2/c1-3-7-12-10(5-1)11-6-2-4-8-13(11)15-14(12)16-9-17-15/h1-8H,9H2. The third-order valence-electron chi connectivity index (χ3n) is 3.25. The fraction of sp³-hybridized carbons (Fsp3) is 0.0667. The van der Waals surface area contributed by atoms with Crippen LogP contribution in [-0.2, 0) is 0 Å². The molecule has 0 bridgehead atoms. The first-order valence-electron chi connectivity index (χ1n) is 5.64. The first-order valence-corrected chi connectivity index (χ1v) is 5.64. The third kappa shape index (κ3) is 1.10. The van der Waals surface area contributed by atoms with Crippen molar-refractivity contribution in [1.29, 1.82) is 0 Å². The van der Waals surface area contributed by atoms with Gasteiger partial charge in [0, 0.05) is 10.8 Å². The lowest BCUT2D eigenvalue weighted by atomic mass is 10.0. The molecular weight excluding hydrogens is 212 g/mol. The summed E-state index contributed by atoms with van der Waals surface area (Å²) in [5, 5.41) is 4.68. The minimum atomic E-state index is 0.313. The van der Waals surface area contributed by atoms with Crippen LogP contribution in [0.3, 0.4) is 0 Å². The summed E-state index contributed by atoms with van der Waals surface area (Å²) in [6, 6.07) is 16.6. The van der Waals surface area contributed by atoms with E-state index in [1.54, 1.807) is 0 Å². The Hall–Kier alpha value is -2.22. The number of rotatable bonds is 0. The van der Waals surface area contributed by atoms with Crippen LogP contribution < -0.4 is 9.47 Å². The van der Waals surface area contributed by atoms with E-state index in [1.165, 1.54) is 10.8 Å². The molecule has 0 saturated carbocycles. The van der Waals surface area contributed by atoms with Crippen LogP contribution in [0.5, 0.6) is 11.5 Å². The number of fused-ring (bicyclic) bond motifs is 6. The van der Waals surface area contributed by atoms with E-state index in [4.69, 9.17) is 9.47 Å². The summed E-state index contributed by atoms with van der Waals surface area (Å²) in [5.74, 6) is 1.75. The van der Waals surface area contributed by atoms with E-state index in [-0.39, 0.29) is 0 Å². The van der Waals surface area contributed by atoms with Crippen LogP contribution in [0, 0.1) is 0 Å². The molecule has 1 aliphatic rings. The highest BCUT2D eigenvalue weighted by Crippen LogP contribution is 2.45. The minimum Gasteiger partial charge on any atom is -0.453 e. The number of benzene rings is 3. The molecule has 3 aromatic carbocycles. The first kappa shape index (κ1) is 8.88. The zero-order chi connectivity index (χ0) is 11.2. The molecule has 4 rings (SSSR count). The molecule has 0 aliphatic carbocycles. The van der Waals surface area contributed by atoms with Gasteiger partial charge in [-0.15, -0.1) is 0 Å². The van der Waals surface area contributed by atoms with Crippen molar-refractivity contribution in [2.24, 2.45) is 0 Å². The molecule has 1 heterocycles. The van der Waals surface area contributed by atoms with Crippen molar-refractivity contribution in [3.8, 4) is 11.5 Å². The Bertz CT molecular complexity index is 669. The van der Waals surface area contributed by atoms with Crippen LogP contribution >= 0.6 is 0 Å². The fourth-order valence-electron chi connectivity index (χ4n) is 2.51. The van der Waals surface area contributed by atoms with Gasteiger partial charge in [-0.1, -0.05) is 48.5 Å². The van der Waals surface area contributed by atoms with Gasteiger partial charge in [0.2, 0.25) is 6.79 Å². The van der Waals surface area contributed by atoms with E-state index in [0.717, 1.165) is 22.3 Å². The van der Waals surface area contributed by atoms with E-state index in [9.17, 15) is 0 Å². The summed E-state index contributed by atoms with van der Waals surface area (Å²) in [6.07, 6.45) is 0. The van der Waals surface area contributed by atoms with Crippen molar-refractivity contribution in [2.75, 3.05) is 6.79 Å². The Morgan fingerprint density at radius 1 is 0.588 bits per heavy atom. The highest BCUT2D eigenvalue weighted by Gasteiger charge is 2.20. The van der Waals surface area contributed by atoms with Crippen LogP contribution in [-0.4, -0.2) is 6.79 Å². The summed E-state index contributed by atoms with van der Waals surface area (Å²) < 4.78 is 11.2. The van der Waals surface area contributed by atoms with E-state index in [2.05, 4.69) is 36.4 Å². The van der Waals surface area contributed by atoms with Gasteiger partial charge in [0.25, 0.3) is 0 Å². The van der Waals surface area contributed by atoms with Crippen LogP contribution in [0.2, 0.25) is 0 Å². The van der Waals surface area contributed by atoms with Crippen molar-refractivity contribution in [3.05, 3.63) is 48.5 Å². The van der Waals surface area contributed by atoms with E-state index >= 15 is 0 Å². The second-order valence-electron chi connectivity index (χ2n) is 4.16. The van der Waals surface area contributed by atoms with Crippen molar-refractivity contribution in [3.63, 3.8) is 0 Å². The predicted molar refractivity (Wildman–Crippen MR) is 67.6 cm³/mol. The van der Waals surface area contributed by atoms with Gasteiger partial charge >= 0.3 is 0 Å². The van der Waals surface area contributed by atoms with Crippen LogP contribution in [0.15, 0.2) is 48.5 Å². The smallest absolute Gasteiger partial charge is 0.231 e. The van der Waals surface area contributed by atoms with Gasteiger partial charge in [0.15, 0.2) is 11.5 Å². The fourth-order valence-corrected chi connectivity index (χ4v) is 2.51. The molecule has 0 spiro atoms. The lowest BCUT2D eigenvalue weighted by Crippen LogP contribution is -1.93. The molecule has 0 fully saturated rings. The summed E-state index contributed by atoms with van der Waals surface area (Å²) in [5.41, 5.74) is 0. The van der Waals surface area contributed by atoms with Gasteiger partial charge < -0.3 is 9.47 Å². The zero-order valence-electron chi connectivity index (χ0n) is 9.14. The third-order valence-corrected chi connectivity index (χ3v) is 3.25. The maximum absolute atomic E-state index is 5.60. The van der Waals surface area contributed by atoms with Crippen molar-refractivity contribution >= 4 is 21.5 Å². The Morgan fingerprint density at radius 3 is 1.47 bits per heavy atom. The van der Waals surface area contributed by atoms with E-state index in [0.29, 0.717) is 6.79 Å². The van der Waals surface area contributed by atoms with Crippen molar-refractivity contribution < 1.29 is 9.47 Å². The van der Waals surface area contributed by atoms with Gasteiger partial charge in [-0.3, -0.25) is 0 Å². The number of ether oxygens (including phenoxy) is 2. The second kappa shape index (κ2) is 3.14. The highest BCUT2D eigenvalue weighted by molar-refractivity contribution is 6.13. The molecule has 0 N–H and O–H groups in total. The maximum Gasteiger partial charge on any atom is 0.231 e. The lowest BCUT2D eigenvalue weighted by molar-refractivity contribution is 0.175. The molecule has 1 aliphatic heterocycles.